The van der Waals surface area contributed by atoms with Gasteiger partial charge in [0.1, 0.15) is 0 Å². The number of piperazine rings is 1. The highest BCUT2D eigenvalue weighted by molar-refractivity contribution is 6.30. The first-order chi connectivity index (χ1) is 11.4. The van der Waals surface area contributed by atoms with E-state index in [0.29, 0.717) is 18.1 Å². The maximum absolute atomic E-state index is 12.2. The third-order valence-electron chi connectivity index (χ3n) is 4.26. The van der Waals surface area contributed by atoms with Gasteiger partial charge in [-0.3, -0.25) is 9.59 Å². The zero-order chi connectivity index (χ0) is 17.7. The van der Waals surface area contributed by atoms with Crippen LogP contribution in [-0.4, -0.2) is 55.5 Å². The summed E-state index contributed by atoms with van der Waals surface area (Å²) >= 11 is 5.90. The SMILES string of the molecule is CC(C)[C@H](N)C(=O)NCC(=O)N1CCN(c2ccc(Cl)cc2)CC1. The molecular formula is C17H25ClN4O2. The predicted octanol–water partition coefficient (Wildman–Crippen LogP) is 1.09. The molecule has 1 aromatic carbocycles. The maximum atomic E-state index is 12.2. The van der Waals surface area contributed by atoms with Gasteiger partial charge in [-0.2, -0.15) is 0 Å². The number of benzene rings is 1. The summed E-state index contributed by atoms with van der Waals surface area (Å²) in [5, 5.41) is 3.34. The summed E-state index contributed by atoms with van der Waals surface area (Å²) in [6, 6.07) is 7.10. The molecule has 0 aromatic heterocycles. The number of hydrogen-bond acceptors (Lipinski definition) is 4. The number of carbonyl (C=O) groups is 2. The van der Waals surface area contributed by atoms with Gasteiger partial charge in [-0.15, -0.1) is 0 Å². The second kappa shape index (κ2) is 8.35. The Morgan fingerprint density at radius 2 is 1.75 bits per heavy atom. The number of rotatable bonds is 5. The maximum Gasteiger partial charge on any atom is 0.242 e. The van der Waals surface area contributed by atoms with Gasteiger partial charge in [0.2, 0.25) is 11.8 Å². The molecule has 24 heavy (non-hydrogen) atoms. The van der Waals surface area contributed by atoms with Crippen LogP contribution in [0.2, 0.25) is 5.02 Å². The van der Waals surface area contributed by atoms with Crippen LogP contribution in [0, 0.1) is 5.92 Å². The lowest BCUT2D eigenvalue weighted by Crippen LogP contribution is -2.52. The molecule has 1 saturated heterocycles. The number of amides is 2. The molecule has 7 heteroatoms. The highest BCUT2D eigenvalue weighted by atomic mass is 35.5. The Morgan fingerprint density at radius 3 is 2.29 bits per heavy atom. The first kappa shape index (κ1) is 18.5. The van der Waals surface area contributed by atoms with E-state index in [2.05, 4.69) is 10.2 Å². The van der Waals surface area contributed by atoms with Gasteiger partial charge in [0.05, 0.1) is 12.6 Å². The van der Waals surface area contributed by atoms with Crippen molar-refractivity contribution in [3.63, 3.8) is 0 Å². The number of nitrogens with two attached hydrogens (primary N) is 1. The molecule has 1 aromatic rings. The lowest BCUT2D eigenvalue weighted by Gasteiger charge is -2.36. The fraction of sp³-hybridized carbons (Fsp3) is 0.529. The number of halogens is 1. The molecule has 2 rings (SSSR count). The second-order valence-corrected chi connectivity index (χ2v) is 6.77. The molecule has 1 heterocycles. The third-order valence-corrected chi connectivity index (χ3v) is 4.51. The summed E-state index contributed by atoms with van der Waals surface area (Å²) in [6.07, 6.45) is 0. The van der Waals surface area contributed by atoms with Crippen molar-refractivity contribution < 1.29 is 9.59 Å². The van der Waals surface area contributed by atoms with Crippen LogP contribution in [0.15, 0.2) is 24.3 Å². The van der Waals surface area contributed by atoms with Gasteiger partial charge in [0.25, 0.3) is 0 Å². The van der Waals surface area contributed by atoms with Crippen molar-refractivity contribution in [2.24, 2.45) is 11.7 Å². The first-order valence-electron chi connectivity index (χ1n) is 8.20. The van der Waals surface area contributed by atoms with Gasteiger partial charge in [0, 0.05) is 36.9 Å². The topological polar surface area (TPSA) is 78.7 Å². The minimum absolute atomic E-state index is 0.000197. The Morgan fingerprint density at radius 1 is 1.17 bits per heavy atom. The number of nitrogens with zero attached hydrogens (tertiary/aromatic N) is 2. The lowest BCUT2D eigenvalue weighted by atomic mass is 10.1. The van der Waals surface area contributed by atoms with E-state index in [1.165, 1.54) is 0 Å². The summed E-state index contributed by atoms with van der Waals surface area (Å²) < 4.78 is 0. The number of hydrogen-bond donors (Lipinski definition) is 2. The smallest absolute Gasteiger partial charge is 0.242 e. The Bertz CT molecular complexity index is 568. The molecule has 0 bridgehead atoms. The standard InChI is InChI=1S/C17H25ClN4O2/c1-12(2)16(19)17(24)20-11-15(23)22-9-7-21(8-10-22)14-5-3-13(18)4-6-14/h3-6,12,16H,7-11,19H2,1-2H3,(H,20,24)/t16-/m0/s1. The molecular weight excluding hydrogens is 328 g/mol. The average molecular weight is 353 g/mol. The highest BCUT2D eigenvalue weighted by Crippen LogP contribution is 2.19. The van der Waals surface area contributed by atoms with Crippen LogP contribution in [-0.2, 0) is 9.59 Å². The average Bonchev–Trinajstić information content (AvgIpc) is 2.59. The molecule has 3 N–H and O–H groups in total. The van der Waals surface area contributed by atoms with Crippen molar-refractivity contribution in [3.05, 3.63) is 29.3 Å². The molecule has 1 aliphatic rings. The van der Waals surface area contributed by atoms with E-state index < -0.39 is 6.04 Å². The normalized spacial score (nSPS) is 16.2. The van der Waals surface area contributed by atoms with Crippen LogP contribution in [0.3, 0.4) is 0 Å². The number of nitrogens with one attached hydrogen (secondary N) is 1. The van der Waals surface area contributed by atoms with Crippen molar-refractivity contribution in [2.75, 3.05) is 37.6 Å². The molecule has 2 amide bonds. The summed E-state index contributed by atoms with van der Waals surface area (Å²) in [5.41, 5.74) is 6.86. The summed E-state index contributed by atoms with van der Waals surface area (Å²) in [4.78, 5) is 28.0. The van der Waals surface area contributed by atoms with Gasteiger partial charge in [-0.1, -0.05) is 25.4 Å². The van der Waals surface area contributed by atoms with Crippen molar-refractivity contribution in [1.29, 1.82) is 0 Å². The molecule has 0 spiro atoms. The van der Waals surface area contributed by atoms with E-state index in [4.69, 9.17) is 17.3 Å². The van der Waals surface area contributed by atoms with Crippen molar-refractivity contribution >= 4 is 29.1 Å². The van der Waals surface area contributed by atoms with Crippen LogP contribution in [0.1, 0.15) is 13.8 Å². The fourth-order valence-corrected chi connectivity index (χ4v) is 2.69. The molecule has 1 fully saturated rings. The predicted molar refractivity (Wildman–Crippen MR) is 96.1 cm³/mol. The van der Waals surface area contributed by atoms with Crippen LogP contribution >= 0.6 is 11.6 Å². The first-order valence-corrected chi connectivity index (χ1v) is 8.58. The van der Waals surface area contributed by atoms with Crippen LogP contribution in [0.5, 0.6) is 0 Å². The minimum atomic E-state index is -0.584. The fourth-order valence-electron chi connectivity index (χ4n) is 2.56. The van der Waals surface area contributed by atoms with E-state index in [1.54, 1.807) is 4.90 Å². The van der Waals surface area contributed by atoms with Gasteiger partial charge in [0.15, 0.2) is 0 Å². The van der Waals surface area contributed by atoms with E-state index in [-0.39, 0.29) is 24.3 Å². The lowest BCUT2D eigenvalue weighted by molar-refractivity contribution is -0.133. The van der Waals surface area contributed by atoms with Crippen molar-refractivity contribution in [2.45, 2.75) is 19.9 Å². The van der Waals surface area contributed by atoms with E-state index in [0.717, 1.165) is 18.8 Å². The molecule has 0 radical (unpaired) electrons. The second-order valence-electron chi connectivity index (χ2n) is 6.33. The molecule has 1 aliphatic heterocycles. The van der Waals surface area contributed by atoms with E-state index in [9.17, 15) is 9.59 Å². The summed E-state index contributed by atoms with van der Waals surface area (Å²) in [5.74, 6) is -0.309. The quantitative estimate of drug-likeness (QED) is 0.831. The molecule has 1 atom stereocenters. The number of carbonyl (C=O) groups excluding carboxylic acids is 2. The Kier molecular flexibility index (Phi) is 6.45. The van der Waals surface area contributed by atoms with Crippen LogP contribution in [0.4, 0.5) is 5.69 Å². The highest BCUT2D eigenvalue weighted by Gasteiger charge is 2.23. The van der Waals surface area contributed by atoms with E-state index >= 15 is 0 Å². The summed E-state index contributed by atoms with van der Waals surface area (Å²) in [6.45, 7) is 6.53. The number of anilines is 1. The van der Waals surface area contributed by atoms with Gasteiger partial charge < -0.3 is 20.9 Å². The van der Waals surface area contributed by atoms with Crippen LogP contribution in [0.25, 0.3) is 0 Å². The Labute approximate surface area is 147 Å². The van der Waals surface area contributed by atoms with Crippen molar-refractivity contribution in [3.8, 4) is 0 Å². The molecule has 6 nitrogen and oxygen atoms in total. The van der Waals surface area contributed by atoms with Crippen LogP contribution < -0.4 is 16.0 Å². The minimum Gasteiger partial charge on any atom is -0.368 e. The Balaban J connectivity index is 1.78. The molecule has 0 unspecified atom stereocenters. The molecule has 0 saturated carbocycles. The van der Waals surface area contributed by atoms with E-state index in [1.807, 2.05) is 38.1 Å². The van der Waals surface area contributed by atoms with Gasteiger partial charge in [-0.05, 0) is 30.2 Å². The summed E-state index contributed by atoms with van der Waals surface area (Å²) in [7, 11) is 0. The zero-order valence-electron chi connectivity index (χ0n) is 14.2. The Hall–Kier alpha value is -1.79. The molecule has 0 aliphatic carbocycles. The zero-order valence-corrected chi connectivity index (χ0v) is 14.9. The third kappa shape index (κ3) is 4.85. The van der Waals surface area contributed by atoms with Gasteiger partial charge >= 0.3 is 0 Å². The van der Waals surface area contributed by atoms with Gasteiger partial charge in [-0.25, -0.2) is 0 Å². The van der Waals surface area contributed by atoms with Crippen molar-refractivity contribution in [1.82, 2.24) is 10.2 Å². The monoisotopic (exact) mass is 352 g/mol. The molecule has 132 valence electrons. The largest absolute Gasteiger partial charge is 0.368 e.